The van der Waals surface area contributed by atoms with Crippen molar-refractivity contribution >= 4 is 12.2 Å². The molecule has 0 spiro atoms. The molecule has 0 saturated carbocycles. The molecule has 1 amide bonds. The van der Waals surface area contributed by atoms with Crippen LogP contribution in [0, 0.1) is 18.3 Å². The van der Waals surface area contributed by atoms with E-state index in [0.717, 1.165) is 23.0 Å². The van der Waals surface area contributed by atoms with Gasteiger partial charge in [-0.2, -0.15) is 5.26 Å². The molecule has 0 saturated heterocycles. The highest BCUT2D eigenvalue weighted by atomic mass is 16.1. The minimum absolute atomic E-state index is 0.148. The summed E-state index contributed by atoms with van der Waals surface area (Å²) < 4.78 is 0. The zero-order chi connectivity index (χ0) is 21.8. The Balaban J connectivity index is 0.000000386. The number of hydrogen-bond acceptors (Lipinski definition) is 3. The van der Waals surface area contributed by atoms with E-state index in [1.807, 2.05) is 60.7 Å². The van der Waals surface area contributed by atoms with Crippen molar-refractivity contribution in [1.29, 1.82) is 5.26 Å². The molecule has 0 aliphatic rings. The predicted molar refractivity (Wildman–Crippen MR) is 122 cm³/mol. The van der Waals surface area contributed by atoms with Gasteiger partial charge in [-0.1, -0.05) is 66.2 Å². The van der Waals surface area contributed by atoms with Gasteiger partial charge in [0.05, 0.1) is 18.0 Å². The van der Waals surface area contributed by atoms with Gasteiger partial charge in [-0.15, -0.1) is 0 Å². The lowest BCUT2D eigenvalue weighted by Crippen LogP contribution is -2.19. The molecular weight excluding hydrogens is 372 g/mol. The summed E-state index contributed by atoms with van der Waals surface area (Å²) >= 11 is 0. The number of benzene rings is 3. The molecule has 152 valence electrons. The molecule has 0 aromatic heterocycles. The second-order valence-electron chi connectivity index (χ2n) is 6.69. The van der Waals surface area contributed by atoms with Crippen molar-refractivity contribution in [3.63, 3.8) is 0 Å². The number of nitrogens with zero attached hydrogens (tertiary/aromatic N) is 2. The van der Waals surface area contributed by atoms with Crippen LogP contribution in [0.25, 0.3) is 11.1 Å². The Hall–Kier alpha value is -3.75. The SMILES string of the molecule is CNC(CC(=O)N=CN)c1cccc(-c2cccc(C#N)c2)c1.Cc1ccccc1. The first-order valence-corrected chi connectivity index (χ1v) is 9.64. The fourth-order valence-electron chi connectivity index (χ4n) is 2.93. The fourth-order valence-corrected chi connectivity index (χ4v) is 2.93. The molecular formula is C25H26N4O. The van der Waals surface area contributed by atoms with E-state index in [-0.39, 0.29) is 18.4 Å². The molecule has 5 heteroatoms. The van der Waals surface area contributed by atoms with Crippen LogP contribution in [0.5, 0.6) is 0 Å². The van der Waals surface area contributed by atoms with Crippen molar-refractivity contribution in [3.8, 4) is 17.2 Å². The minimum atomic E-state index is -0.274. The normalized spacial score (nSPS) is 11.2. The summed E-state index contributed by atoms with van der Waals surface area (Å²) in [5.74, 6) is -0.274. The molecule has 30 heavy (non-hydrogen) atoms. The maximum Gasteiger partial charge on any atom is 0.248 e. The van der Waals surface area contributed by atoms with Gasteiger partial charge in [0, 0.05) is 12.5 Å². The van der Waals surface area contributed by atoms with E-state index in [2.05, 4.69) is 35.4 Å². The third kappa shape index (κ3) is 7.01. The molecule has 3 aromatic rings. The van der Waals surface area contributed by atoms with Crippen LogP contribution >= 0.6 is 0 Å². The molecule has 0 aliphatic heterocycles. The van der Waals surface area contributed by atoms with Crippen LogP contribution in [-0.4, -0.2) is 19.3 Å². The van der Waals surface area contributed by atoms with Gasteiger partial charge in [-0.3, -0.25) is 4.79 Å². The maximum absolute atomic E-state index is 11.7. The van der Waals surface area contributed by atoms with Crippen molar-refractivity contribution in [1.82, 2.24) is 5.32 Å². The number of aryl methyl sites for hydroxylation is 1. The number of carbonyl (C=O) groups excluding carboxylic acids is 1. The van der Waals surface area contributed by atoms with Crippen LogP contribution in [0.1, 0.15) is 29.2 Å². The average molecular weight is 399 g/mol. The Bertz CT molecular complexity index is 1020. The molecule has 0 bridgehead atoms. The van der Waals surface area contributed by atoms with Gasteiger partial charge >= 0.3 is 0 Å². The summed E-state index contributed by atoms with van der Waals surface area (Å²) in [6, 6.07) is 27.6. The number of nitrogens with one attached hydrogen (secondary N) is 1. The maximum atomic E-state index is 11.7. The van der Waals surface area contributed by atoms with Gasteiger partial charge in [0.15, 0.2) is 0 Å². The van der Waals surface area contributed by atoms with Crippen LogP contribution in [0.2, 0.25) is 0 Å². The highest BCUT2D eigenvalue weighted by molar-refractivity contribution is 5.84. The van der Waals surface area contributed by atoms with Crippen LogP contribution in [-0.2, 0) is 4.79 Å². The lowest BCUT2D eigenvalue weighted by molar-refractivity contribution is -0.118. The summed E-state index contributed by atoms with van der Waals surface area (Å²) in [7, 11) is 1.80. The lowest BCUT2D eigenvalue weighted by atomic mass is 9.97. The van der Waals surface area contributed by atoms with Crippen molar-refractivity contribution in [2.75, 3.05) is 7.05 Å². The molecule has 0 radical (unpaired) electrons. The second kappa shape index (κ2) is 11.9. The molecule has 3 aromatic carbocycles. The van der Waals surface area contributed by atoms with Crippen molar-refractivity contribution in [2.24, 2.45) is 10.7 Å². The second-order valence-corrected chi connectivity index (χ2v) is 6.69. The van der Waals surface area contributed by atoms with Crippen molar-refractivity contribution in [2.45, 2.75) is 19.4 Å². The van der Waals surface area contributed by atoms with E-state index >= 15 is 0 Å². The number of aliphatic imine (C=N–C) groups is 1. The Morgan fingerprint density at radius 1 is 1.07 bits per heavy atom. The molecule has 0 heterocycles. The standard InChI is InChI=1S/C18H18N4O.C7H8/c1-21-17(10-18(23)22-12-20)16-7-3-6-15(9-16)14-5-2-4-13(8-14)11-19;1-7-5-3-2-4-6-7/h2-9,12,17,21H,10H2,1H3,(H2,20,22,23);2-6H,1H3. The number of nitriles is 1. The minimum Gasteiger partial charge on any atom is -0.390 e. The average Bonchev–Trinajstić information content (AvgIpc) is 2.79. The van der Waals surface area contributed by atoms with E-state index in [0.29, 0.717) is 5.56 Å². The van der Waals surface area contributed by atoms with Gasteiger partial charge in [-0.05, 0) is 48.9 Å². The number of rotatable bonds is 5. The lowest BCUT2D eigenvalue weighted by Gasteiger charge is -2.16. The topological polar surface area (TPSA) is 91.3 Å². The summed E-state index contributed by atoms with van der Waals surface area (Å²) in [6.07, 6.45) is 1.24. The summed E-state index contributed by atoms with van der Waals surface area (Å²) in [6.45, 7) is 2.08. The molecule has 1 unspecified atom stereocenters. The molecule has 3 N–H and O–H groups in total. The largest absolute Gasteiger partial charge is 0.390 e. The zero-order valence-corrected chi connectivity index (χ0v) is 17.2. The fraction of sp³-hybridized carbons (Fsp3) is 0.160. The predicted octanol–water partition coefficient (Wildman–Crippen LogP) is 4.38. The van der Waals surface area contributed by atoms with Gasteiger partial charge in [0.25, 0.3) is 0 Å². The zero-order valence-electron chi connectivity index (χ0n) is 17.2. The van der Waals surface area contributed by atoms with Crippen LogP contribution in [0.4, 0.5) is 0 Å². The highest BCUT2D eigenvalue weighted by Gasteiger charge is 2.14. The van der Waals surface area contributed by atoms with Crippen LogP contribution < -0.4 is 11.1 Å². The van der Waals surface area contributed by atoms with Crippen molar-refractivity contribution in [3.05, 3.63) is 95.6 Å². The first-order valence-electron chi connectivity index (χ1n) is 9.64. The monoisotopic (exact) mass is 398 g/mol. The Morgan fingerprint density at radius 2 is 1.73 bits per heavy atom. The molecule has 0 aliphatic carbocycles. The number of hydrogen-bond donors (Lipinski definition) is 2. The number of amides is 1. The van der Waals surface area contributed by atoms with E-state index in [1.54, 1.807) is 13.1 Å². The highest BCUT2D eigenvalue weighted by Crippen LogP contribution is 2.25. The number of nitrogens with two attached hydrogens (primary N) is 1. The first-order chi connectivity index (χ1) is 14.6. The molecule has 0 fully saturated rings. The Morgan fingerprint density at radius 3 is 2.30 bits per heavy atom. The van der Waals surface area contributed by atoms with Gasteiger partial charge < -0.3 is 11.1 Å². The smallest absolute Gasteiger partial charge is 0.248 e. The van der Waals surface area contributed by atoms with Crippen LogP contribution in [0.3, 0.4) is 0 Å². The quantitative estimate of drug-likeness (QED) is 0.493. The Labute approximate surface area is 177 Å². The van der Waals surface area contributed by atoms with Gasteiger partial charge in [0.2, 0.25) is 5.91 Å². The van der Waals surface area contributed by atoms with Gasteiger partial charge in [-0.25, -0.2) is 4.99 Å². The molecule has 1 atom stereocenters. The summed E-state index contributed by atoms with van der Waals surface area (Å²) in [5.41, 5.74) is 10.0. The molecule has 3 rings (SSSR count). The van der Waals surface area contributed by atoms with Gasteiger partial charge in [0.1, 0.15) is 0 Å². The van der Waals surface area contributed by atoms with Crippen molar-refractivity contribution < 1.29 is 4.79 Å². The van der Waals surface area contributed by atoms with E-state index < -0.39 is 0 Å². The summed E-state index contributed by atoms with van der Waals surface area (Å²) in [5, 5.41) is 12.1. The third-order valence-electron chi connectivity index (χ3n) is 4.50. The van der Waals surface area contributed by atoms with E-state index in [9.17, 15) is 4.79 Å². The number of carbonyl (C=O) groups is 1. The first kappa shape index (κ1) is 22.5. The third-order valence-corrected chi connectivity index (χ3v) is 4.50. The Kier molecular flexibility index (Phi) is 8.98. The van der Waals surface area contributed by atoms with Crippen LogP contribution in [0.15, 0.2) is 83.9 Å². The summed E-state index contributed by atoms with van der Waals surface area (Å²) in [4.78, 5) is 15.2. The molecule has 5 nitrogen and oxygen atoms in total. The van der Waals surface area contributed by atoms with E-state index in [1.165, 1.54) is 5.56 Å². The van der Waals surface area contributed by atoms with E-state index in [4.69, 9.17) is 11.0 Å².